The first kappa shape index (κ1) is 23.1. The summed E-state index contributed by atoms with van der Waals surface area (Å²) < 4.78 is 10.6. The third-order valence-corrected chi connectivity index (χ3v) is 5.07. The van der Waals surface area contributed by atoms with Crippen molar-refractivity contribution in [3.63, 3.8) is 0 Å². The summed E-state index contributed by atoms with van der Waals surface area (Å²) in [6.45, 7) is 8.46. The molecule has 32 heavy (non-hydrogen) atoms. The van der Waals surface area contributed by atoms with E-state index in [2.05, 4.69) is 24.3 Å². The van der Waals surface area contributed by atoms with E-state index in [0.717, 1.165) is 11.1 Å². The van der Waals surface area contributed by atoms with Gasteiger partial charge >= 0.3 is 5.97 Å². The molecule has 0 aliphatic rings. The van der Waals surface area contributed by atoms with Crippen LogP contribution in [0.5, 0.6) is 5.75 Å². The van der Waals surface area contributed by atoms with Crippen LogP contribution < -0.4 is 5.32 Å². The quantitative estimate of drug-likeness (QED) is 0.497. The molecule has 0 saturated carbocycles. The SMILES string of the molecule is CCNC(=O)c1noc(-c2cc(C(C)C)ccc2O)c1-c1ccc(CC(=O)OCC)cc1. The van der Waals surface area contributed by atoms with Gasteiger partial charge in [-0.05, 0) is 48.6 Å². The van der Waals surface area contributed by atoms with Crippen molar-refractivity contribution < 1.29 is 24.0 Å². The molecule has 3 rings (SSSR count). The summed E-state index contributed by atoms with van der Waals surface area (Å²) in [6, 6.07) is 12.5. The number of phenols is 1. The maximum absolute atomic E-state index is 12.7. The number of phenolic OH excluding ortho intramolecular Hbond substituents is 1. The van der Waals surface area contributed by atoms with Gasteiger partial charge < -0.3 is 19.7 Å². The van der Waals surface area contributed by atoms with Crippen molar-refractivity contribution in [2.24, 2.45) is 0 Å². The third-order valence-electron chi connectivity index (χ3n) is 5.07. The lowest BCUT2D eigenvalue weighted by Crippen LogP contribution is -2.23. The highest BCUT2D eigenvalue weighted by molar-refractivity contribution is 6.02. The topological polar surface area (TPSA) is 102 Å². The van der Waals surface area contributed by atoms with Crippen molar-refractivity contribution in [3.8, 4) is 28.2 Å². The van der Waals surface area contributed by atoms with Gasteiger partial charge in [-0.2, -0.15) is 0 Å². The van der Waals surface area contributed by atoms with Crippen molar-refractivity contribution in [1.29, 1.82) is 0 Å². The van der Waals surface area contributed by atoms with Gasteiger partial charge in [0.15, 0.2) is 11.5 Å². The van der Waals surface area contributed by atoms with E-state index in [0.29, 0.717) is 35.6 Å². The lowest BCUT2D eigenvalue weighted by molar-refractivity contribution is -0.142. The van der Waals surface area contributed by atoms with Crippen LogP contribution in [-0.4, -0.2) is 35.3 Å². The van der Waals surface area contributed by atoms with E-state index in [1.807, 2.05) is 19.1 Å². The summed E-state index contributed by atoms with van der Waals surface area (Å²) >= 11 is 0. The number of hydrogen-bond donors (Lipinski definition) is 2. The minimum absolute atomic E-state index is 0.0354. The lowest BCUT2D eigenvalue weighted by atomic mass is 9.94. The maximum Gasteiger partial charge on any atom is 0.310 e. The normalized spacial score (nSPS) is 10.9. The smallest absolute Gasteiger partial charge is 0.310 e. The molecule has 7 heteroatoms. The van der Waals surface area contributed by atoms with Crippen LogP contribution in [0.15, 0.2) is 47.0 Å². The van der Waals surface area contributed by atoms with Gasteiger partial charge in [-0.1, -0.05) is 49.3 Å². The average molecular weight is 437 g/mol. The van der Waals surface area contributed by atoms with Gasteiger partial charge in [-0.25, -0.2) is 0 Å². The Morgan fingerprint density at radius 2 is 1.84 bits per heavy atom. The van der Waals surface area contributed by atoms with Gasteiger partial charge in [-0.3, -0.25) is 9.59 Å². The Labute approximate surface area is 187 Å². The first-order valence-corrected chi connectivity index (χ1v) is 10.7. The molecule has 7 nitrogen and oxygen atoms in total. The number of nitrogens with zero attached hydrogens (tertiary/aromatic N) is 1. The largest absolute Gasteiger partial charge is 0.507 e. The molecule has 168 valence electrons. The fourth-order valence-electron chi connectivity index (χ4n) is 3.40. The van der Waals surface area contributed by atoms with Crippen LogP contribution in [0.25, 0.3) is 22.5 Å². The van der Waals surface area contributed by atoms with E-state index in [4.69, 9.17) is 9.26 Å². The molecule has 0 spiro atoms. The van der Waals surface area contributed by atoms with Crippen LogP contribution in [0, 0.1) is 0 Å². The van der Waals surface area contributed by atoms with Crippen LogP contribution in [-0.2, 0) is 16.0 Å². The molecule has 0 saturated heterocycles. The Morgan fingerprint density at radius 3 is 2.47 bits per heavy atom. The molecule has 0 aliphatic carbocycles. The monoisotopic (exact) mass is 436 g/mol. The Kier molecular flexibility index (Phi) is 7.30. The first-order chi connectivity index (χ1) is 15.3. The molecule has 0 atom stereocenters. The van der Waals surface area contributed by atoms with Crippen molar-refractivity contribution in [3.05, 3.63) is 59.3 Å². The molecular formula is C25H28N2O5. The third kappa shape index (κ3) is 4.99. The minimum atomic E-state index is -0.368. The molecule has 0 aliphatic heterocycles. The van der Waals surface area contributed by atoms with E-state index in [-0.39, 0.29) is 35.7 Å². The Balaban J connectivity index is 2.10. The highest BCUT2D eigenvalue weighted by atomic mass is 16.5. The van der Waals surface area contributed by atoms with Crippen LogP contribution in [0.3, 0.4) is 0 Å². The number of benzene rings is 2. The number of esters is 1. The van der Waals surface area contributed by atoms with Gasteiger partial charge in [0.25, 0.3) is 5.91 Å². The highest BCUT2D eigenvalue weighted by Gasteiger charge is 2.26. The molecule has 0 radical (unpaired) electrons. The summed E-state index contributed by atoms with van der Waals surface area (Å²) in [5.74, 6) is -0.0831. The fraction of sp³-hybridized carbons (Fsp3) is 0.320. The fourth-order valence-corrected chi connectivity index (χ4v) is 3.40. The molecule has 0 unspecified atom stereocenters. The van der Waals surface area contributed by atoms with Crippen molar-refractivity contribution in [2.45, 2.75) is 40.0 Å². The maximum atomic E-state index is 12.7. The van der Waals surface area contributed by atoms with E-state index >= 15 is 0 Å². The second kappa shape index (κ2) is 10.1. The molecule has 0 bridgehead atoms. The standard InChI is InChI=1S/C25H28N2O5/c1-5-26-25(30)23-22(17-9-7-16(8-10-17)13-21(29)31-6-2)24(32-27-23)19-14-18(15(3)4)11-12-20(19)28/h7-12,14-15,28H,5-6,13H2,1-4H3,(H,26,30). The molecule has 1 heterocycles. The summed E-state index contributed by atoms with van der Waals surface area (Å²) in [6.07, 6.45) is 0.158. The van der Waals surface area contributed by atoms with Gasteiger partial charge in [0.1, 0.15) is 5.75 Å². The number of rotatable bonds is 8. The summed E-state index contributed by atoms with van der Waals surface area (Å²) in [5.41, 5.74) is 3.57. The molecule has 2 aromatic carbocycles. The number of carbonyl (C=O) groups excluding carboxylic acids is 2. The van der Waals surface area contributed by atoms with E-state index in [1.54, 1.807) is 37.3 Å². The predicted molar refractivity (Wildman–Crippen MR) is 121 cm³/mol. The number of carbonyl (C=O) groups is 2. The number of nitrogens with one attached hydrogen (secondary N) is 1. The second-order valence-electron chi connectivity index (χ2n) is 7.70. The number of hydrogen-bond acceptors (Lipinski definition) is 6. The van der Waals surface area contributed by atoms with Crippen LogP contribution >= 0.6 is 0 Å². The predicted octanol–water partition coefficient (Wildman–Crippen LogP) is 4.69. The van der Waals surface area contributed by atoms with Gasteiger partial charge in [0.2, 0.25) is 0 Å². The van der Waals surface area contributed by atoms with Crippen LogP contribution in [0.1, 0.15) is 55.2 Å². The molecule has 2 N–H and O–H groups in total. The summed E-state index contributed by atoms with van der Waals surface area (Å²) in [4.78, 5) is 24.4. The Hall–Kier alpha value is -3.61. The Morgan fingerprint density at radius 1 is 1.12 bits per heavy atom. The van der Waals surface area contributed by atoms with Crippen LogP contribution in [0.2, 0.25) is 0 Å². The van der Waals surface area contributed by atoms with Crippen molar-refractivity contribution in [1.82, 2.24) is 10.5 Å². The zero-order chi connectivity index (χ0) is 23.3. The molecule has 1 aromatic heterocycles. The summed E-state index contributed by atoms with van der Waals surface area (Å²) in [5, 5.41) is 17.3. The highest BCUT2D eigenvalue weighted by Crippen LogP contribution is 2.40. The summed E-state index contributed by atoms with van der Waals surface area (Å²) in [7, 11) is 0. The van der Waals surface area contributed by atoms with Crippen molar-refractivity contribution >= 4 is 11.9 Å². The van der Waals surface area contributed by atoms with Gasteiger partial charge in [-0.15, -0.1) is 0 Å². The molecule has 3 aromatic rings. The number of amides is 1. The van der Waals surface area contributed by atoms with E-state index in [1.165, 1.54) is 0 Å². The zero-order valence-corrected chi connectivity index (χ0v) is 18.8. The average Bonchev–Trinajstić information content (AvgIpc) is 3.20. The number of ether oxygens (including phenoxy) is 1. The van der Waals surface area contributed by atoms with Gasteiger partial charge in [0.05, 0.1) is 24.2 Å². The van der Waals surface area contributed by atoms with E-state index in [9.17, 15) is 14.7 Å². The van der Waals surface area contributed by atoms with Gasteiger partial charge in [0, 0.05) is 6.54 Å². The number of aromatic nitrogens is 1. The zero-order valence-electron chi connectivity index (χ0n) is 18.8. The second-order valence-corrected chi connectivity index (χ2v) is 7.70. The molecule has 0 fully saturated rings. The lowest BCUT2D eigenvalue weighted by Gasteiger charge is -2.11. The van der Waals surface area contributed by atoms with E-state index < -0.39 is 0 Å². The first-order valence-electron chi connectivity index (χ1n) is 10.7. The molecule has 1 amide bonds. The van der Waals surface area contributed by atoms with Crippen LogP contribution in [0.4, 0.5) is 0 Å². The Bertz CT molecular complexity index is 1100. The number of aromatic hydroxyl groups is 1. The minimum Gasteiger partial charge on any atom is -0.507 e. The van der Waals surface area contributed by atoms with Crippen molar-refractivity contribution in [2.75, 3.05) is 13.2 Å². The molecular weight excluding hydrogens is 408 g/mol.